The van der Waals surface area contributed by atoms with Crippen LogP contribution in [0.1, 0.15) is 51.4 Å². The van der Waals surface area contributed by atoms with Gasteiger partial charge in [0.05, 0.1) is 0 Å². The summed E-state index contributed by atoms with van der Waals surface area (Å²) in [5.41, 5.74) is 6.08. The van der Waals surface area contributed by atoms with Crippen molar-refractivity contribution in [2.24, 2.45) is 11.7 Å². The predicted octanol–water partition coefficient (Wildman–Crippen LogP) is 2.02. The number of likely N-dealkylation sites (tertiary alicyclic amines) is 2. The Morgan fingerprint density at radius 1 is 1.00 bits per heavy atom. The zero-order chi connectivity index (χ0) is 16.2. The normalized spacial score (nSPS) is 29.7. The first-order valence-corrected chi connectivity index (χ1v) is 9.59. The second kappa shape index (κ2) is 10.9. The van der Waals surface area contributed by atoms with Gasteiger partial charge in [0.15, 0.2) is 0 Å². The molecule has 5 nitrogen and oxygen atoms in total. The molecule has 0 bridgehead atoms. The maximum absolute atomic E-state index is 12.2. The second-order valence-corrected chi connectivity index (χ2v) is 7.97. The number of amides is 1. The molecule has 0 aromatic heterocycles. The van der Waals surface area contributed by atoms with Gasteiger partial charge in [-0.2, -0.15) is 0 Å². The first-order chi connectivity index (χ1) is 11.1. The third-order valence-electron chi connectivity index (χ3n) is 6.26. The van der Waals surface area contributed by atoms with Crippen molar-refractivity contribution < 1.29 is 4.79 Å². The number of nitrogens with two attached hydrogens (primary N) is 1. The number of halogens is 2. The van der Waals surface area contributed by atoms with Crippen LogP contribution in [0.4, 0.5) is 0 Å². The summed E-state index contributed by atoms with van der Waals surface area (Å²) in [6.45, 7) is 4.73. The first kappa shape index (κ1) is 23.0. The van der Waals surface area contributed by atoms with Crippen molar-refractivity contribution in [3.8, 4) is 0 Å². The molecule has 3 N–H and O–H groups in total. The van der Waals surface area contributed by atoms with Crippen molar-refractivity contribution in [2.75, 3.05) is 33.2 Å². The average Bonchev–Trinajstić information content (AvgIpc) is 2.94. The van der Waals surface area contributed by atoms with Gasteiger partial charge in [-0.1, -0.05) is 6.42 Å². The Kier molecular flexibility index (Phi) is 10.0. The Bertz CT molecular complexity index is 397. The second-order valence-electron chi connectivity index (χ2n) is 7.97. The molecule has 0 aromatic rings. The quantitative estimate of drug-likeness (QED) is 0.765. The van der Waals surface area contributed by atoms with Crippen molar-refractivity contribution in [2.45, 2.75) is 69.5 Å². The Morgan fingerprint density at radius 3 is 2.20 bits per heavy atom. The van der Waals surface area contributed by atoms with Crippen LogP contribution in [0, 0.1) is 5.92 Å². The third-order valence-corrected chi connectivity index (χ3v) is 6.26. The summed E-state index contributed by atoms with van der Waals surface area (Å²) < 4.78 is 0. The van der Waals surface area contributed by atoms with Gasteiger partial charge in [-0.25, -0.2) is 0 Å². The SMILES string of the molecule is CN1CCC(N2CCC(NC(=O)C[C@@H]3CCC[C@H]3N)CC2)CC1.Cl.Cl. The minimum atomic E-state index is 0. The lowest BCUT2D eigenvalue weighted by atomic mass is 9.97. The lowest BCUT2D eigenvalue weighted by molar-refractivity contribution is -0.123. The molecule has 1 saturated carbocycles. The van der Waals surface area contributed by atoms with Crippen molar-refractivity contribution >= 4 is 30.7 Å². The van der Waals surface area contributed by atoms with Crippen LogP contribution in [0.5, 0.6) is 0 Å². The molecule has 3 fully saturated rings. The fourth-order valence-electron chi connectivity index (χ4n) is 4.61. The smallest absolute Gasteiger partial charge is 0.220 e. The monoisotopic (exact) mass is 394 g/mol. The molecule has 3 aliphatic rings. The van der Waals surface area contributed by atoms with Gasteiger partial charge in [-0.05, 0) is 64.6 Å². The Balaban J connectivity index is 0.00000156. The van der Waals surface area contributed by atoms with E-state index in [2.05, 4.69) is 22.2 Å². The molecule has 0 spiro atoms. The number of nitrogens with one attached hydrogen (secondary N) is 1. The van der Waals surface area contributed by atoms with Crippen LogP contribution >= 0.6 is 24.8 Å². The number of hydrogen-bond acceptors (Lipinski definition) is 4. The summed E-state index contributed by atoms with van der Waals surface area (Å²) in [4.78, 5) is 17.3. The molecule has 7 heteroatoms. The predicted molar refractivity (Wildman–Crippen MR) is 108 cm³/mol. The molecule has 3 rings (SSSR count). The molecule has 1 amide bonds. The van der Waals surface area contributed by atoms with E-state index in [9.17, 15) is 4.79 Å². The van der Waals surface area contributed by atoms with Gasteiger partial charge < -0.3 is 20.9 Å². The van der Waals surface area contributed by atoms with Crippen LogP contribution in [-0.4, -0.2) is 67.1 Å². The van der Waals surface area contributed by atoms with Crippen LogP contribution in [0.2, 0.25) is 0 Å². The maximum atomic E-state index is 12.2. The first-order valence-electron chi connectivity index (χ1n) is 9.59. The number of rotatable bonds is 4. The van der Waals surface area contributed by atoms with Gasteiger partial charge in [-0.15, -0.1) is 24.8 Å². The zero-order valence-electron chi connectivity index (χ0n) is 15.5. The highest BCUT2D eigenvalue weighted by atomic mass is 35.5. The summed E-state index contributed by atoms with van der Waals surface area (Å²) in [5.74, 6) is 0.638. The lowest BCUT2D eigenvalue weighted by Gasteiger charge is -2.41. The summed E-state index contributed by atoms with van der Waals surface area (Å²) in [7, 11) is 2.22. The van der Waals surface area contributed by atoms with E-state index in [1.807, 2.05) is 0 Å². The van der Waals surface area contributed by atoms with Crippen LogP contribution in [0.15, 0.2) is 0 Å². The highest BCUT2D eigenvalue weighted by Crippen LogP contribution is 2.27. The fourth-order valence-corrected chi connectivity index (χ4v) is 4.61. The third kappa shape index (κ3) is 6.55. The molecule has 0 unspecified atom stereocenters. The molecule has 0 radical (unpaired) electrons. The van der Waals surface area contributed by atoms with Gasteiger partial charge in [0.2, 0.25) is 5.91 Å². The maximum Gasteiger partial charge on any atom is 0.220 e. The molecular weight excluding hydrogens is 359 g/mol. The van der Waals surface area contributed by atoms with Gasteiger partial charge in [-0.3, -0.25) is 4.79 Å². The van der Waals surface area contributed by atoms with E-state index in [4.69, 9.17) is 5.73 Å². The Morgan fingerprint density at radius 2 is 1.64 bits per heavy atom. The van der Waals surface area contributed by atoms with E-state index in [1.54, 1.807) is 0 Å². The van der Waals surface area contributed by atoms with Gasteiger partial charge in [0.1, 0.15) is 0 Å². The summed E-state index contributed by atoms with van der Waals surface area (Å²) in [5, 5.41) is 3.27. The van der Waals surface area contributed by atoms with Gasteiger partial charge in [0, 0.05) is 37.6 Å². The van der Waals surface area contributed by atoms with Crippen molar-refractivity contribution in [1.82, 2.24) is 15.1 Å². The number of carbonyl (C=O) groups excluding carboxylic acids is 1. The van der Waals surface area contributed by atoms with E-state index in [1.165, 1.54) is 32.4 Å². The van der Waals surface area contributed by atoms with Crippen molar-refractivity contribution in [1.29, 1.82) is 0 Å². The summed E-state index contributed by atoms with van der Waals surface area (Å²) in [6.07, 6.45) is 8.85. The Hall–Kier alpha value is -0.0700. The number of hydrogen-bond donors (Lipinski definition) is 2. The minimum Gasteiger partial charge on any atom is -0.353 e. The van der Waals surface area contributed by atoms with E-state index in [0.717, 1.165) is 44.8 Å². The van der Waals surface area contributed by atoms with Gasteiger partial charge in [0.25, 0.3) is 0 Å². The van der Waals surface area contributed by atoms with Crippen LogP contribution in [0.25, 0.3) is 0 Å². The van der Waals surface area contributed by atoms with Crippen LogP contribution in [0.3, 0.4) is 0 Å². The molecular formula is C18H36Cl2N4O. The van der Waals surface area contributed by atoms with E-state index in [-0.39, 0.29) is 36.8 Å². The lowest BCUT2D eigenvalue weighted by Crippen LogP contribution is -2.50. The number of nitrogens with zero attached hydrogens (tertiary/aromatic N) is 2. The van der Waals surface area contributed by atoms with Crippen molar-refractivity contribution in [3.05, 3.63) is 0 Å². The highest BCUT2D eigenvalue weighted by Gasteiger charge is 2.29. The topological polar surface area (TPSA) is 61.6 Å². The van der Waals surface area contributed by atoms with Crippen molar-refractivity contribution in [3.63, 3.8) is 0 Å². The van der Waals surface area contributed by atoms with Crippen LogP contribution in [-0.2, 0) is 4.79 Å². The van der Waals surface area contributed by atoms with Crippen LogP contribution < -0.4 is 11.1 Å². The summed E-state index contributed by atoms with van der Waals surface area (Å²) >= 11 is 0. The molecule has 25 heavy (non-hydrogen) atoms. The highest BCUT2D eigenvalue weighted by molar-refractivity contribution is 5.85. The van der Waals surface area contributed by atoms with E-state index < -0.39 is 0 Å². The molecule has 2 aliphatic heterocycles. The molecule has 0 aromatic carbocycles. The van der Waals surface area contributed by atoms with E-state index >= 15 is 0 Å². The molecule has 2 heterocycles. The minimum absolute atomic E-state index is 0. The summed E-state index contributed by atoms with van der Waals surface area (Å²) in [6, 6.07) is 1.38. The van der Waals surface area contributed by atoms with Gasteiger partial charge >= 0.3 is 0 Å². The molecule has 2 atom stereocenters. The molecule has 148 valence electrons. The number of piperidine rings is 2. The Labute approximate surface area is 165 Å². The number of carbonyl (C=O) groups is 1. The average molecular weight is 395 g/mol. The van der Waals surface area contributed by atoms with E-state index in [0.29, 0.717) is 18.4 Å². The molecule has 1 aliphatic carbocycles. The molecule has 2 saturated heterocycles. The fraction of sp³-hybridized carbons (Fsp3) is 0.944. The largest absolute Gasteiger partial charge is 0.353 e. The standard InChI is InChI=1S/C18H34N4O.2ClH/c1-21-9-7-16(8-10-21)22-11-5-15(6-12-22)20-18(23)13-14-3-2-4-17(14)19;;/h14-17H,2-13,19H2,1H3,(H,20,23);2*1H/t14-,17+;;/m0../s1. The zero-order valence-corrected chi connectivity index (χ0v) is 17.1.